The third kappa shape index (κ3) is 3.97. The van der Waals surface area contributed by atoms with Crippen LogP contribution in [0.25, 0.3) is 6.08 Å². The number of rotatable bonds is 4. The van der Waals surface area contributed by atoms with Crippen LogP contribution in [0, 0.1) is 11.3 Å². The largest absolute Gasteiger partial charge is 0.342 e. The second-order valence-electron chi connectivity index (χ2n) is 6.16. The smallest absolute Gasteiger partial charge is 0.262 e. The molecule has 1 aromatic heterocycles. The standard InChI is InChI=1S/C20H18BrN3O/c21-18-10-6-9-17(23-18)13-15(14-22)19(25)24-20(11-4-5-12-20)16-7-2-1-3-8-16/h1-3,6-10,13H,4-5,11-12H2,(H,24,25). The molecule has 0 spiro atoms. The average Bonchev–Trinajstić information content (AvgIpc) is 3.10. The van der Waals surface area contributed by atoms with Crippen molar-refractivity contribution in [3.05, 3.63) is 70.0 Å². The van der Waals surface area contributed by atoms with Gasteiger partial charge in [0.1, 0.15) is 16.2 Å². The van der Waals surface area contributed by atoms with Crippen LogP contribution in [-0.2, 0) is 10.3 Å². The Balaban J connectivity index is 1.87. The van der Waals surface area contributed by atoms with Crippen LogP contribution in [-0.4, -0.2) is 10.9 Å². The first-order valence-electron chi connectivity index (χ1n) is 8.25. The van der Waals surface area contributed by atoms with E-state index in [4.69, 9.17) is 0 Å². The second kappa shape index (κ2) is 7.62. The number of aromatic nitrogens is 1. The van der Waals surface area contributed by atoms with Gasteiger partial charge in [-0.05, 0) is 52.5 Å². The van der Waals surface area contributed by atoms with E-state index in [1.807, 2.05) is 42.5 Å². The molecular weight excluding hydrogens is 378 g/mol. The molecule has 1 heterocycles. The number of benzene rings is 1. The highest BCUT2D eigenvalue weighted by Crippen LogP contribution is 2.38. The quantitative estimate of drug-likeness (QED) is 0.475. The van der Waals surface area contributed by atoms with E-state index in [9.17, 15) is 10.1 Å². The number of pyridine rings is 1. The van der Waals surface area contributed by atoms with E-state index in [2.05, 4.69) is 26.2 Å². The van der Waals surface area contributed by atoms with E-state index >= 15 is 0 Å². The molecule has 1 N–H and O–H groups in total. The van der Waals surface area contributed by atoms with Gasteiger partial charge in [0.05, 0.1) is 11.2 Å². The second-order valence-corrected chi connectivity index (χ2v) is 6.98. The van der Waals surface area contributed by atoms with Gasteiger partial charge >= 0.3 is 0 Å². The fraction of sp³-hybridized carbons (Fsp3) is 0.250. The van der Waals surface area contributed by atoms with Crippen LogP contribution < -0.4 is 5.32 Å². The topological polar surface area (TPSA) is 65.8 Å². The minimum Gasteiger partial charge on any atom is -0.342 e. The Morgan fingerprint density at radius 3 is 2.52 bits per heavy atom. The number of amides is 1. The van der Waals surface area contributed by atoms with E-state index in [1.54, 1.807) is 12.1 Å². The summed E-state index contributed by atoms with van der Waals surface area (Å²) < 4.78 is 0.662. The molecule has 3 rings (SSSR count). The lowest BCUT2D eigenvalue weighted by Crippen LogP contribution is -2.44. The number of nitrogens with zero attached hydrogens (tertiary/aromatic N) is 2. The highest BCUT2D eigenvalue weighted by Gasteiger charge is 2.37. The Bertz CT molecular complexity index is 834. The maximum absolute atomic E-state index is 12.8. The van der Waals surface area contributed by atoms with E-state index in [1.165, 1.54) is 6.08 Å². The summed E-state index contributed by atoms with van der Waals surface area (Å²) in [5.74, 6) is -0.352. The van der Waals surface area contributed by atoms with Crippen LogP contribution >= 0.6 is 15.9 Å². The molecule has 0 saturated heterocycles. The first kappa shape index (κ1) is 17.4. The van der Waals surface area contributed by atoms with E-state index in [0.29, 0.717) is 10.3 Å². The zero-order valence-corrected chi connectivity index (χ0v) is 15.3. The van der Waals surface area contributed by atoms with Crippen molar-refractivity contribution in [2.24, 2.45) is 0 Å². The monoisotopic (exact) mass is 395 g/mol. The molecule has 0 atom stereocenters. The molecule has 5 heteroatoms. The minimum atomic E-state index is -0.390. The van der Waals surface area contributed by atoms with Gasteiger partial charge < -0.3 is 5.32 Å². The Morgan fingerprint density at radius 1 is 1.16 bits per heavy atom. The number of hydrogen-bond acceptors (Lipinski definition) is 3. The van der Waals surface area contributed by atoms with Gasteiger partial charge in [0, 0.05) is 0 Å². The van der Waals surface area contributed by atoms with Crippen molar-refractivity contribution in [3.8, 4) is 6.07 Å². The number of nitrogens with one attached hydrogen (secondary N) is 1. The maximum Gasteiger partial charge on any atom is 0.262 e. The van der Waals surface area contributed by atoms with Gasteiger partial charge in [-0.2, -0.15) is 5.26 Å². The lowest BCUT2D eigenvalue weighted by atomic mass is 9.88. The number of carbonyl (C=O) groups is 1. The van der Waals surface area contributed by atoms with Crippen LogP contribution in [0.1, 0.15) is 36.9 Å². The Kier molecular flexibility index (Phi) is 5.30. The first-order valence-corrected chi connectivity index (χ1v) is 9.05. The van der Waals surface area contributed by atoms with Gasteiger partial charge in [-0.3, -0.25) is 4.79 Å². The highest BCUT2D eigenvalue weighted by atomic mass is 79.9. The van der Waals surface area contributed by atoms with Crippen LogP contribution in [0.15, 0.2) is 58.7 Å². The predicted molar refractivity (Wildman–Crippen MR) is 100 cm³/mol. The van der Waals surface area contributed by atoms with Crippen molar-refractivity contribution in [1.82, 2.24) is 10.3 Å². The molecule has 126 valence electrons. The number of hydrogen-bond donors (Lipinski definition) is 1. The molecule has 1 aliphatic carbocycles. The number of carbonyl (C=O) groups excluding carboxylic acids is 1. The molecule has 4 nitrogen and oxygen atoms in total. The minimum absolute atomic E-state index is 0.0628. The molecule has 0 unspecified atom stereocenters. The normalized spacial score (nSPS) is 16.2. The average molecular weight is 396 g/mol. The molecule has 1 fully saturated rings. The third-order valence-corrected chi connectivity index (χ3v) is 4.97. The lowest BCUT2D eigenvalue weighted by molar-refractivity contribution is -0.119. The van der Waals surface area contributed by atoms with Gasteiger partial charge in [0.25, 0.3) is 5.91 Å². The molecule has 1 aromatic carbocycles. The summed E-state index contributed by atoms with van der Waals surface area (Å²) in [5, 5.41) is 12.6. The highest BCUT2D eigenvalue weighted by molar-refractivity contribution is 9.10. The third-order valence-electron chi connectivity index (χ3n) is 4.53. The van der Waals surface area contributed by atoms with Gasteiger partial charge in [0.2, 0.25) is 0 Å². The van der Waals surface area contributed by atoms with Gasteiger partial charge in [0.15, 0.2) is 0 Å². The van der Waals surface area contributed by atoms with Gasteiger partial charge in [-0.25, -0.2) is 4.98 Å². The maximum atomic E-state index is 12.8. The Hall–Kier alpha value is -2.45. The molecule has 1 amide bonds. The van der Waals surface area contributed by atoms with Crippen LogP contribution in [0.2, 0.25) is 0 Å². The van der Waals surface area contributed by atoms with Gasteiger partial charge in [-0.1, -0.05) is 49.2 Å². The molecule has 25 heavy (non-hydrogen) atoms. The van der Waals surface area contributed by atoms with Crippen molar-refractivity contribution in [2.45, 2.75) is 31.2 Å². The molecule has 2 aromatic rings. The van der Waals surface area contributed by atoms with Crippen molar-refractivity contribution >= 4 is 27.9 Å². The summed E-state index contributed by atoms with van der Waals surface area (Å²) in [6, 6.07) is 17.4. The van der Waals surface area contributed by atoms with Crippen molar-refractivity contribution < 1.29 is 4.79 Å². The van der Waals surface area contributed by atoms with Crippen LogP contribution in [0.5, 0.6) is 0 Å². The molecule has 1 aliphatic rings. The predicted octanol–water partition coefficient (Wildman–Crippen LogP) is 4.34. The molecule has 0 bridgehead atoms. The zero-order chi connectivity index (χ0) is 17.7. The Morgan fingerprint density at radius 2 is 1.88 bits per heavy atom. The van der Waals surface area contributed by atoms with E-state index in [-0.39, 0.29) is 17.0 Å². The van der Waals surface area contributed by atoms with Crippen LogP contribution in [0.4, 0.5) is 0 Å². The van der Waals surface area contributed by atoms with E-state index < -0.39 is 0 Å². The first-order chi connectivity index (χ1) is 12.1. The zero-order valence-electron chi connectivity index (χ0n) is 13.7. The lowest BCUT2D eigenvalue weighted by Gasteiger charge is -2.31. The molecule has 1 saturated carbocycles. The molecule has 0 radical (unpaired) electrons. The molecule has 0 aliphatic heterocycles. The van der Waals surface area contributed by atoms with Gasteiger partial charge in [-0.15, -0.1) is 0 Å². The van der Waals surface area contributed by atoms with E-state index in [0.717, 1.165) is 31.2 Å². The molecular formula is C20H18BrN3O. The van der Waals surface area contributed by atoms with Crippen molar-refractivity contribution in [2.75, 3.05) is 0 Å². The summed E-state index contributed by atoms with van der Waals surface area (Å²) in [6.45, 7) is 0. The summed E-state index contributed by atoms with van der Waals surface area (Å²) >= 11 is 3.30. The summed E-state index contributed by atoms with van der Waals surface area (Å²) in [6.07, 6.45) is 5.42. The summed E-state index contributed by atoms with van der Waals surface area (Å²) in [5.41, 5.74) is 1.34. The fourth-order valence-corrected chi connectivity index (χ4v) is 3.66. The van der Waals surface area contributed by atoms with Crippen molar-refractivity contribution in [1.29, 1.82) is 5.26 Å². The summed E-state index contributed by atoms with van der Waals surface area (Å²) in [4.78, 5) is 17.0. The summed E-state index contributed by atoms with van der Waals surface area (Å²) in [7, 11) is 0. The van der Waals surface area contributed by atoms with Crippen LogP contribution in [0.3, 0.4) is 0 Å². The van der Waals surface area contributed by atoms with Crippen molar-refractivity contribution in [3.63, 3.8) is 0 Å². The Labute approximate surface area is 155 Å². The fourth-order valence-electron chi connectivity index (χ4n) is 3.31. The number of halogens is 1. The number of nitriles is 1. The SMILES string of the molecule is N#CC(=Cc1cccc(Br)n1)C(=O)NC1(c2ccccc2)CCCC1.